The standard InChI is InChI=1S/C15H22N2O2/c1-11-5-6-12(9-13(11)16)14(19)17-15(10-18)7-3-2-4-8-15/h5-6,9,18H,2-4,7-8,10,16H2,1H3,(H,17,19). The number of aryl methyl sites for hydroxylation is 1. The van der Waals surface area contributed by atoms with E-state index < -0.39 is 5.54 Å². The highest BCUT2D eigenvalue weighted by Crippen LogP contribution is 2.28. The van der Waals surface area contributed by atoms with Crippen molar-refractivity contribution in [1.82, 2.24) is 5.32 Å². The minimum Gasteiger partial charge on any atom is -0.398 e. The summed E-state index contributed by atoms with van der Waals surface area (Å²) in [5, 5.41) is 12.6. The van der Waals surface area contributed by atoms with Crippen molar-refractivity contribution in [3.05, 3.63) is 29.3 Å². The number of nitrogen functional groups attached to an aromatic ring is 1. The van der Waals surface area contributed by atoms with E-state index in [1.807, 2.05) is 13.0 Å². The van der Waals surface area contributed by atoms with Crippen LogP contribution in [0.15, 0.2) is 18.2 Å². The molecule has 0 heterocycles. The molecule has 4 N–H and O–H groups in total. The summed E-state index contributed by atoms with van der Waals surface area (Å²) in [5.74, 6) is -0.150. The van der Waals surface area contributed by atoms with Gasteiger partial charge in [-0.05, 0) is 37.5 Å². The molecule has 104 valence electrons. The van der Waals surface area contributed by atoms with E-state index >= 15 is 0 Å². The number of amides is 1. The van der Waals surface area contributed by atoms with Crippen LogP contribution in [0.2, 0.25) is 0 Å². The first-order valence-corrected chi connectivity index (χ1v) is 6.86. The Morgan fingerprint density at radius 2 is 2.05 bits per heavy atom. The molecule has 1 aliphatic carbocycles. The zero-order valence-corrected chi connectivity index (χ0v) is 11.4. The monoisotopic (exact) mass is 262 g/mol. The Morgan fingerprint density at radius 3 is 2.63 bits per heavy atom. The van der Waals surface area contributed by atoms with Gasteiger partial charge >= 0.3 is 0 Å². The number of carbonyl (C=O) groups is 1. The van der Waals surface area contributed by atoms with Crippen molar-refractivity contribution in [2.45, 2.75) is 44.6 Å². The fraction of sp³-hybridized carbons (Fsp3) is 0.533. The fourth-order valence-corrected chi connectivity index (χ4v) is 2.65. The summed E-state index contributed by atoms with van der Waals surface area (Å²) in [7, 11) is 0. The van der Waals surface area contributed by atoms with Gasteiger partial charge in [0.1, 0.15) is 0 Å². The first-order valence-electron chi connectivity index (χ1n) is 6.86. The molecule has 0 saturated heterocycles. The van der Waals surface area contributed by atoms with Crippen LogP contribution in [0.1, 0.15) is 48.0 Å². The van der Waals surface area contributed by atoms with E-state index in [0.29, 0.717) is 11.3 Å². The van der Waals surface area contributed by atoms with Gasteiger partial charge in [0.15, 0.2) is 0 Å². The molecule has 0 bridgehead atoms. The molecule has 0 radical (unpaired) electrons. The third-order valence-electron chi connectivity index (χ3n) is 4.03. The number of benzene rings is 1. The first kappa shape index (κ1) is 13.9. The smallest absolute Gasteiger partial charge is 0.251 e. The zero-order valence-electron chi connectivity index (χ0n) is 11.4. The van der Waals surface area contributed by atoms with Gasteiger partial charge < -0.3 is 16.2 Å². The number of nitrogens with two attached hydrogens (primary N) is 1. The highest BCUT2D eigenvalue weighted by molar-refractivity contribution is 5.95. The molecule has 1 amide bonds. The van der Waals surface area contributed by atoms with Crippen LogP contribution in [-0.4, -0.2) is 23.2 Å². The van der Waals surface area contributed by atoms with E-state index in [2.05, 4.69) is 5.32 Å². The molecule has 1 aromatic rings. The number of rotatable bonds is 3. The summed E-state index contributed by atoms with van der Waals surface area (Å²) in [6, 6.07) is 5.31. The van der Waals surface area contributed by atoms with Gasteiger partial charge in [-0.3, -0.25) is 4.79 Å². The maximum atomic E-state index is 12.3. The van der Waals surface area contributed by atoms with Crippen LogP contribution in [0.25, 0.3) is 0 Å². The normalized spacial score (nSPS) is 18.0. The number of aliphatic hydroxyl groups excluding tert-OH is 1. The van der Waals surface area contributed by atoms with Crippen molar-refractivity contribution in [3.8, 4) is 0 Å². The largest absolute Gasteiger partial charge is 0.398 e. The maximum absolute atomic E-state index is 12.3. The lowest BCUT2D eigenvalue weighted by molar-refractivity contribution is 0.0758. The van der Waals surface area contributed by atoms with Crippen LogP contribution in [0, 0.1) is 6.92 Å². The molecule has 1 aromatic carbocycles. The van der Waals surface area contributed by atoms with Crippen molar-refractivity contribution in [2.24, 2.45) is 0 Å². The third-order valence-corrected chi connectivity index (χ3v) is 4.03. The SMILES string of the molecule is Cc1ccc(C(=O)NC2(CO)CCCCC2)cc1N. The summed E-state index contributed by atoms with van der Waals surface area (Å²) >= 11 is 0. The van der Waals surface area contributed by atoms with Crippen LogP contribution in [-0.2, 0) is 0 Å². The molecule has 1 aliphatic rings. The lowest BCUT2D eigenvalue weighted by Gasteiger charge is -2.36. The predicted octanol–water partition coefficient (Wildman–Crippen LogP) is 2.00. The van der Waals surface area contributed by atoms with Crippen LogP contribution < -0.4 is 11.1 Å². The van der Waals surface area contributed by atoms with Gasteiger partial charge in [0, 0.05) is 11.3 Å². The molecule has 19 heavy (non-hydrogen) atoms. The van der Waals surface area contributed by atoms with E-state index in [1.54, 1.807) is 12.1 Å². The van der Waals surface area contributed by atoms with Gasteiger partial charge in [0.2, 0.25) is 0 Å². The quantitative estimate of drug-likeness (QED) is 0.729. The highest BCUT2D eigenvalue weighted by Gasteiger charge is 2.33. The average molecular weight is 262 g/mol. The second kappa shape index (κ2) is 5.61. The minimum absolute atomic E-state index is 0.0000828. The number of aliphatic hydroxyl groups is 1. The first-order chi connectivity index (χ1) is 9.06. The van der Waals surface area contributed by atoms with E-state index in [0.717, 1.165) is 31.2 Å². The summed E-state index contributed by atoms with van der Waals surface area (Å²) in [5.41, 5.74) is 7.52. The highest BCUT2D eigenvalue weighted by atomic mass is 16.3. The van der Waals surface area contributed by atoms with Crippen molar-refractivity contribution in [3.63, 3.8) is 0 Å². The van der Waals surface area contributed by atoms with Crippen molar-refractivity contribution in [1.29, 1.82) is 0 Å². The number of carbonyl (C=O) groups excluding carboxylic acids is 1. The molecule has 0 atom stereocenters. The predicted molar refractivity (Wildman–Crippen MR) is 76.0 cm³/mol. The Kier molecular flexibility index (Phi) is 4.10. The van der Waals surface area contributed by atoms with Crippen LogP contribution in [0.4, 0.5) is 5.69 Å². The second-order valence-electron chi connectivity index (χ2n) is 5.52. The summed E-state index contributed by atoms with van der Waals surface area (Å²) in [6.45, 7) is 1.91. The van der Waals surface area contributed by atoms with Gasteiger partial charge in [0.25, 0.3) is 5.91 Å². The topological polar surface area (TPSA) is 75.3 Å². The Balaban J connectivity index is 2.12. The van der Waals surface area contributed by atoms with Crippen molar-refractivity contribution >= 4 is 11.6 Å². The van der Waals surface area contributed by atoms with Gasteiger partial charge in [-0.2, -0.15) is 0 Å². The molecule has 4 heteroatoms. The number of anilines is 1. The summed E-state index contributed by atoms with van der Waals surface area (Å²) in [4.78, 5) is 12.3. The number of hydrogen-bond acceptors (Lipinski definition) is 3. The van der Waals surface area contributed by atoms with Gasteiger partial charge in [-0.25, -0.2) is 0 Å². The van der Waals surface area contributed by atoms with Crippen molar-refractivity contribution < 1.29 is 9.90 Å². The van der Waals surface area contributed by atoms with E-state index in [1.165, 1.54) is 6.42 Å². The number of hydrogen-bond donors (Lipinski definition) is 3. The summed E-state index contributed by atoms with van der Waals surface area (Å²) < 4.78 is 0. The fourth-order valence-electron chi connectivity index (χ4n) is 2.65. The summed E-state index contributed by atoms with van der Waals surface area (Å²) in [6.07, 6.45) is 4.97. The lowest BCUT2D eigenvalue weighted by Crippen LogP contribution is -2.52. The Morgan fingerprint density at radius 1 is 1.37 bits per heavy atom. The molecule has 0 aromatic heterocycles. The molecule has 0 unspecified atom stereocenters. The Labute approximate surface area is 114 Å². The lowest BCUT2D eigenvalue weighted by atomic mass is 9.82. The van der Waals surface area contributed by atoms with Crippen molar-refractivity contribution in [2.75, 3.05) is 12.3 Å². The molecular weight excluding hydrogens is 240 g/mol. The van der Waals surface area contributed by atoms with Crippen LogP contribution in [0.3, 0.4) is 0 Å². The third kappa shape index (κ3) is 3.07. The van der Waals surface area contributed by atoms with Gasteiger partial charge in [-0.15, -0.1) is 0 Å². The Bertz CT molecular complexity index is 465. The molecule has 2 rings (SSSR count). The molecule has 1 fully saturated rings. The van der Waals surface area contributed by atoms with Gasteiger partial charge in [0.05, 0.1) is 12.1 Å². The molecule has 0 aliphatic heterocycles. The van der Waals surface area contributed by atoms with Gasteiger partial charge in [-0.1, -0.05) is 25.3 Å². The Hall–Kier alpha value is -1.55. The maximum Gasteiger partial charge on any atom is 0.251 e. The second-order valence-corrected chi connectivity index (χ2v) is 5.52. The minimum atomic E-state index is -0.449. The molecule has 4 nitrogen and oxygen atoms in total. The van der Waals surface area contributed by atoms with E-state index in [4.69, 9.17) is 5.73 Å². The molecule has 1 saturated carbocycles. The van der Waals surface area contributed by atoms with Crippen LogP contribution >= 0.6 is 0 Å². The molecular formula is C15H22N2O2. The zero-order chi connectivity index (χ0) is 13.9. The van der Waals surface area contributed by atoms with Crippen LogP contribution in [0.5, 0.6) is 0 Å². The average Bonchev–Trinajstić information content (AvgIpc) is 2.43. The number of nitrogens with one attached hydrogen (secondary N) is 1. The van der Waals surface area contributed by atoms with E-state index in [-0.39, 0.29) is 12.5 Å². The van der Waals surface area contributed by atoms with E-state index in [9.17, 15) is 9.90 Å². The molecule has 0 spiro atoms.